The Bertz CT molecular complexity index is 631. The Hall–Kier alpha value is -2.63. The van der Waals surface area contributed by atoms with Crippen molar-refractivity contribution in [3.05, 3.63) is 47.9 Å². The molecule has 0 amide bonds. The lowest BCUT2D eigenvalue weighted by molar-refractivity contribution is 0.0696. The van der Waals surface area contributed by atoms with E-state index in [1.165, 1.54) is 24.4 Å². The second kappa shape index (κ2) is 4.93. The van der Waals surface area contributed by atoms with Crippen LogP contribution in [0, 0.1) is 5.82 Å². The van der Waals surface area contributed by atoms with Gasteiger partial charge >= 0.3 is 5.97 Å². The van der Waals surface area contributed by atoms with Crippen LogP contribution in [0.4, 0.5) is 21.6 Å². The number of nitrogens with two attached hydrogens (primary N) is 1. The number of carboxylic acids is 1. The van der Waals surface area contributed by atoms with E-state index >= 15 is 0 Å². The molecule has 0 atom stereocenters. The van der Waals surface area contributed by atoms with Crippen molar-refractivity contribution in [2.45, 2.75) is 0 Å². The molecule has 19 heavy (non-hydrogen) atoms. The third-order valence-electron chi connectivity index (χ3n) is 2.66. The lowest BCUT2D eigenvalue weighted by Gasteiger charge is -2.20. The number of nitrogen functional groups attached to an aromatic ring is 1. The van der Waals surface area contributed by atoms with Gasteiger partial charge in [-0.05, 0) is 24.3 Å². The number of carbonyl (C=O) groups is 1. The zero-order chi connectivity index (χ0) is 14.0. The van der Waals surface area contributed by atoms with Crippen LogP contribution in [0.2, 0.25) is 0 Å². The van der Waals surface area contributed by atoms with E-state index in [4.69, 9.17) is 10.8 Å². The molecule has 3 N–H and O–H groups in total. The number of rotatable bonds is 3. The quantitative estimate of drug-likeness (QED) is 0.886. The molecule has 0 spiro atoms. The van der Waals surface area contributed by atoms with Crippen LogP contribution < -0.4 is 10.6 Å². The van der Waals surface area contributed by atoms with E-state index in [0.717, 1.165) is 0 Å². The third-order valence-corrected chi connectivity index (χ3v) is 2.66. The van der Waals surface area contributed by atoms with Gasteiger partial charge in [-0.25, -0.2) is 14.2 Å². The summed E-state index contributed by atoms with van der Waals surface area (Å²) in [4.78, 5) is 16.4. The molecule has 0 aliphatic carbocycles. The molecular weight excluding hydrogens is 249 g/mol. The molecule has 0 fully saturated rings. The average Bonchev–Trinajstić information content (AvgIpc) is 2.37. The van der Waals surface area contributed by atoms with Gasteiger partial charge in [0.25, 0.3) is 0 Å². The number of halogens is 1. The van der Waals surface area contributed by atoms with E-state index in [9.17, 15) is 9.18 Å². The number of benzene rings is 1. The highest BCUT2D eigenvalue weighted by atomic mass is 19.1. The fourth-order valence-corrected chi connectivity index (χ4v) is 1.68. The van der Waals surface area contributed by atoms with Gasteiger partial charge in [0, 0.05) is 18.9 Å². The van der Waals surface area contributed by atoms with Gasteiger partial charge in [0.2, 0.25) is 0 Å². The molecular formula is C13H12FN3O2. The van der Waals surface area contributed by atoms with E-state index in [-0.39, 0.29) is 17.1 Å². The van der Waals surface area contributed by atoms with E-state index in [0.29, 0.717) is 11.5 Å². The first-order valence-electron chi connectivity index (χ1n) is 5.47. The van der Waals surface area contributed by atoms with Gasteiger partial charge in [-0.2, -0.15) is 0 Å². The number of nitrogens with zero attached hydrogens (tertiary/aromatic N) is 2. The highest BCUT2D eigenvalue weighted by molar-refractivity contribution is 5.89. The molecule has 6 heteroatoms. The predicted molar refractivity (Wildman–Crippen MR) is 70.1 cm³/mol. The number of aromatic carboxylic acids is 1. The molecule has 2 rings (SSSR count). The van der Waals surface area contributed by atoms with E-state index in [2.05, 4.69) is 4.98 Å². The Labute approximate surface area is 109 Å². The molecule has 0 saturated heterocycles. The molecule has 5 nitrogen and oxygen atoms in total. The van der Waals surface area contributed by atoms with Gasteiger partial charge < -0.3 is 15.7 Å². The van der Waals surface area contributed by atoms with Crippen molar-refractivity contribution in [1.29, 1.82) is 0 Å². The van der Waals surface area contributed by atoms with Crippen molar-refractivity contribution < 1.29 is 14.3 Å². The highest BCUT2D eigenvalue weighted by Crippen LogP contribution is 2.27. The van der Waals surface area contributed by atoms with Crippen LogP contribution >= 0.6 is 0 Å². The van der Waals surface area contributed by atoms with Crippen molar-refractivity contribution in [1.82, 2.24) is 4.98 Å². The van der Waals surface area contributed by atoms with Gasteiger partial charge in [-0.15, -0.1) is 0 Å². The Kier molecular flexibility index (Phi) is 3.33. The van der Waals surface area contributed by atoms with Crippen LogP contribution in [0.5, 0.6) is 0 Å². The van der Waals surface area contributed by atoms with Crippen molar-refractivity contribution >= 4 is 23.2 Å². The first-order valence-corrected chi connectivity index (χ1v) is 5.47. The summed E-state index contributed by atoms with van der Waals surface area (Å²) in [7, 11) is 1.67. The number of hydrogen-bond acceptors (Lipinski definition) is 4. The lowest BCUT2D eigenvalue weighted by atomic mass is 10.2. The largest absolute Gasteiger partial charge is 0.478 e. The number of hydrogen-bond donors (Lipinski definition) is 2. The summed E-state index contributed by atoms with van der Waals surface area (Å²) < 4.78 is 13.2. The zero-order valence-electron chi connectivity index (χ0n) is 10.2. The molecule has 0 aliphatic rings. The summed E-state index contributed by atoms with van der Waals surface area (Å²) >= 11 is 0. The standard InChI is InChI=1S/C13H12FN3O2/c1-17(10-4-2-3-9(14)6-10)12-11(15)5-8(7-16-12)13(18)19/h2-7H,15H2,1H3,(H,18,19). The van der Waals surface area contributed by atoms with E-state index in [1.807, 2.05) is 0 Å². The summed E-state index contributed by atoms with van der Waals surface area (Å²) in [6.45, 7) is 0. The van der Waals surface area contributed by atoms with E-state index in [1.54, 1.807) is 24.1 Å². The first kappa shape index (κ1) is 12.8. The zero-order valence-corrected chi connectivity index (χ0v) is 10.2. The van der Waals surface area contributed by atoms with E-state index < -0.39 is 5.97 Å². The maximum Gasteiger partial charge on any atom is 0.337 e. The van der Waals surface area contributed by atoms with Crippen LogP contribution in [0.1, 0.15) is 10.4 Å². The Balaban J connectivity index is 2.39. The number of carboxylic acid groups (broad SMARTS) is 1. The third kappa shape index (κ3) is 2.62. The van der Waals surface area contributed by atoms with Crippen LogP contribution in [0.15, 0.2) is 36.5 Å². The topological polar surface area (TPSA) is 79.5 Å². The van der Waals surface area contributed by atoms with Crippen molar-refractivity contribution in [3.8, 4) is 0 Å². The second-order valence-electron chi connectivity index (χ2n) is 3.98. The highest BCUT2D eigenvalue weighted by Gasteiger charge is 2.12. The number of aromatic nitrogens is 1. The number of pyridine rings is 1. The molecule has 0 unspecified atom stereocenters. The molecule has 0 radical (unpaired) electrons. The normalized spacial score (nSPS) is 10.2. The molecule has 1 aromatic carbocycles. The van der Waals surface area contributed by atoms with Gasteiger partial charge in [-0.3, -0.25) is 0 Å². The van der Waals surface area contributed by atoms with Crippen molar-refractivity contribution in [2.75, 3.05) is 17.7 Å². The van der Waals surface area contributed by atoms with Gasteiger partial charge in [-0.1, -0.05) is 6.07 Å². The maximum atomic E-state index is 13.2. The fraction of sp³-hybridized carbons (Fsp3) is 0.0769. The van der Waals surface area contributed by atoms with Gasteiger partial charge in [0.05, 0.1) is 11.3 Å². The van der Waals surface area contributed by atoms with Crippen molar-refractivity contribution in [3.63, 3.8) is 0 Å². The lowest BCUT2D eigenvalue weighted by Crippen LogP contribution is -2.14. The SMILES string of the molecule is CN(c1cccc(F)c1)c1ncc(C(=O)O)cc1N. The molecule has 1 heterocycles. The molecule has 1 aromatic heterocycles. The maximum absolute atomic E-state index is 13.2. The molecule has 0 bridgehead atoms. The Morgan fingerprint density at radius 2 is 2.16 bits per heavy atom. The van der Waals surface area contributed by atoms with Gasteiger partial charge in [0.1, 0.15) is 5.82 Å². The minimum absolute atomic E-state index is 0.00823. The summed E-state index contributed by atoms with van der Waals surface area (Å²) in [6, 6.07) is 7.27. The molecule has 2 aromatic rings. The smallest absolute Gasteiger partial charge is 0.337 e. The van der Waals surface area contributed by atoms with Crippen molar-refractivity contribution in [2.24, 2.45) is 0 Å². The average molecular weight is 261 g/mol. The summed E-state index contributed by atoms with van der Waals surface area (Å²) in [5.74, 6) is -1.10. The first-order chi connectivity index (χ1) is 8.99. The minimum Gasteiger partial charge on any atom is -0.478 e. The summed E-state index contributed by atoms with van der Waals surface area (Å²) in [5.41, 5.74) is 6.57. The van der Waals surface area contributed by atoms with Crippen LogP contribution in [0.3, 0.4) is 0 Å². The van der Waals surface area contributed by atoms with Gasteiger partial charge in [0.15, 0.2) is 5.82 Å². The van der Waals surface area contributed by atoms with Crippen LogP contribution in [-0.4, -0.2) is 23.1 Å². The second-order valence-corrected chi connectivity index (χ2v) is 3.98. The number of anilines is 3. The predicted octanol–water partition coefficient (Wildman–Crippen LogP) is 2.27. The molecule has 0 saturated carbocycles. The summed E-state index contributed by atoms with van der Waals surface area (Å²) in [5, 5.41) is 8.83. The molecule has 98 valence electrons. The summed E-state index contributed by atoms with van der Waals surface area (Å²) in [6.07, 6.45) is 1.21. The Morgan fingerprint density at radius 1 is 1.42 bits per heavy atom. The molecule has 0 aliphatic heterocycles. The minimum atomic E-state index is -1.10. The Morgan fingerprint density at radius 3 is 2.74 bits per heavy atom. The monoisotopic (exact) mass is 261 g/mol. The fourth-order valence-electron chi connectivity index (χ4n) is 1.68. The van der Waals surface area contributed by atoms with Crippen LogP contribution in [0.25, 0.3) is 0 Å². The van der Waals surface area contributed by atoms with Crippen LogP contribution in [-0.2, 0) is 0 Å².